The van der Waals surface area contributed by atoms with Gasteiger partial charge in [0.25, 0.3) is 0 Å². The molecule has 0 radical (unpaired) electrons. The Kier molecular flexibility index (Phi) is 8.51. The smallest absolute Gasteiger partial charge is 0.306 e. The molecule has 176 valence electrons. The minimum atomic E-state index is -0.155. The Hall–Kier alpha value is -2.15. The predicted molar refractivity (Wildman–Crippen MR) is 133 cm³/mol. The summed E-state index contributed by atoms with van der Waals surface area (Å²) in [6.45, 7) is 15.3. The van der Waals surface area contributed by atoms with Crippen LogP contribution in [0.4, 0.5) is 16.5 Å². The molecule has 1 saturated carbocycles. The van der Waals surface area contributed by atoms with E-state index < -0.39 is 0 Å². The number of hydrogen-bond acceptors (Lipinski definition) is 7. The summed E-state index contributed by atoms with van der Waals surface area (Å²) < 4.78 is 9.72. The van der Waals surface area contributed by atoms with Gasteiger partial charge >= 0.3 is 5.97 Å². The minimum absolute atomic E-state index is 0.0729. The lowest BCUT2D eigenvalue weighted by molar-refractivity contribution is -0.143. The van der Waals surface area contributed by atoms with E-state index in [-0.39, 0.29) is 11.9 Å². The maximum Gasteiger partial charge on any atom is 0.306 e. The summed E-state index contributed by atoms with van der Waals surface area (Å²) in [5.74, 6) is 2.52. The zero-order chi connectivity index (χ0) is 23.3. The van der Waals surface area contributed by atoms with Gasteiger partial charge in [0.15, 0.2) is 0 Å². The van der Waals surface area contributed by atoms with Gasteiger partial charge in [-0.2, -0.15) is 4.37 Å². The van der Waals surface area contributed by atoms with E-state index in [4.69, 9.17) is 9.72 Å². The fourth-order valence-corrected chi connectivity index (χ4v) is 4.54. The number of nitrogens with one attached hydrogen (secondary N) is 1. The number of anilines is 3. The molecule has 1 aliphatic carbocycles. The lowest BCUT2D eigenvalue weighted by Gasteiger charge is -2.31. The number of rotatable bonds is 12. The van der Waals surface area contributed by atoms with Gasteiger partial charge in [-0.15, -0.1) is 0 Å². The lowest BCUT2D eigenvalue weighted by Crippen LogP contribution is -2.31. The van der Waals surface area contributed by atoms with Crippen molar-refractivity contribution in [3.63, 3.8) is 0 Å². The number of benzene rings is 1. The Bertz CT molecular complexity index is 882. The van der Waals surface area contributed by atoms with Crippen molar-refractivity contribution in [1.29, 1.82) is 0 Å². The maximum atomic E-state index is 12.0. The second-order valence-corrected chi connectivity index (χ2v) is 10.5. The molecule has 2 aromatic rings. The number of aromatic nitrogens is 2. The number of carbonyl (C=O) groups is 1. The Morgan fingerprint density at radius 1 is 1.19 bits per heavy atom. The van der Waals surface area contributed by atoms with Crippen LogP contribution in [-0.2, 0) is 9.53 Å². The van der Waals surface area contributed by atoms with Crippen molar-refractivity contribution in [2.75, 3.05) is 29.9 Å². The standard InChI is InChI=1S/C25H38N4O2S/c1-7-31-23(30)12-18(6)20-10-11-22(29(14-16(2)3)15-17(4)5)21(13-20)26-25-27-24(28-32-25)19-8-9-19/h10-11,13,16-19H,7-9,12,14-15H2,1-6H3,(H,26,27,28). The van der Waals surface area contributed by atoms with Crippen LogP contribution >= 0.6 is 11.5 Å². The number of hydrogen-bond donors (Lipinski definition) is 1. The van der Waals surface area contributed by atoms with Crippen LogP contribution < -0.4 is 10.2 Å². The number of carbonyl (C=O) groups excluding carboxylic acids is 1. The van der Waals surface area contributed by atoms with Crippen molar-refractivity contribution in [2.45, 2.75) is 72.6 Å². The fourth-order valence-electron chi connectivity index (χ4n) is 3.88. The summed E-state index contributed by atoms with van der Waals surface area (Å²) >= 11 is 1.43. The third-order valence-electron chi connectivity index (χ3n) is 5.51. The van der Waals surface area contributed by atoms with Crippen molar-refractivity contribution in [3.8, 4) is 0 Å². The van der Waals surface area contributed by atoms with E-state index in [1.165, 1.54) is 30.1 Å². The maximum absolute atomic E-state index is 12.0. The van der Waals surface area contributed by atoms with Gasteiger partial charge in [0, 0.05) is 30.5 Å². The Labute approximate surface area is 196 Å². The van der Waals surface area contributed by atoms with Crippen LogP contribution in [0.1, 0.15) is 84.0 Å². The van der Waals surface area contributed by atoms with E-state index in [0.29, 0.717) is 30.8 Å². The van der Waals surface area contributed by atoms with E-state index in [0.717, 1.165) is 35.3 Å². The van der Waals surface area contributed by atoms with Crippen LogP contribution in [0.3, 0.4) is 0 Å². The number of nitrogens with zero attached hydrogens (tertiary/aromatic N) is 3. The summed E-state index contributed by atoms with van der Waals surface area (Å²) in [5.41, 5.74) is 3.31. The molecule has 1 aromatic heterocycles. The highest BCUT2D eigenvalue weighted by Crippen LogP contribution is 2.40. The Balaban J connectivity index is 1.91. The van der Waals surface area contributed by atoms with E-state index in [2.05, 4.69) is 67.4 Å². The zero-order valence-corrected chi connectivity index (χ0v) is 21.2. The first kappa shape index (κ1) is 24.5. The van der Waals surface area contributed by atoms with Crippen molar-refractivity contribution in [2.24, 2.45) is 11.8 Å². The van der Waals surface area contributed by atoms with Gasteiger partial charge in [-0.1, -0.05) is 40.7 Å². The van der Waals surface area contributed by atoms with Gasteiger partial charge in [0.05, 0.1) is 24.4 Å². The first-order valence-electron chi connectivity index (χ1n) is 11.9. The van der Waals surface area contributed by atoms with Crippen molar-refractivity contribution < 1.29 is 9.53 Å². The van der Waals surface area contributed by atoms with E-state index in [1.807, 2.05) is 6.92 Å². The first-order valence-corrected chi connectivity index (χ1v) is 12.7. The molecule has 0 bridgehead atoms. The average Bonchev–Trinajstić information content (AvgIpc) is 3.46. The van der Waals surface area contributed by atoms with Crippen LogP contribution in [0, 0.1) is 11.8 Å². The molecule has 1 aliphatic rings. The van der Waals surface area contributed by atoms with Crippen LogP contribution in [0.5, 0.6) is 0 Å². The lowest BCUT2D eigenvalue weighted by atomic mass is 9.96. The second-order valence-electron chi connectivity index (χ2n) is 9.74. The van der Waals surface area contributed by atoms with Gasteiger partial charge in [-0.05, 0) is 55.2 Å². The molecular formula is C25H38N4O2S. The highest BCUT2D eigenvalue weighted by Gasteiger charge is 2.28. The van der Waals surface area contributed by atoms with E-state index >= 15 is 0 Å². The fraction of sp³-hybridized carbons (Fsp3) is 0.640. The third kappa shape index (κ3) is 6.92. The zero-order valence-electron chi connectivity index (χ0n) is 20.4. The molecule has 1 N–H and O–H groups in total. The summed E-state index contributed by atoms with van der Waals surface area (Å²) in [6, 6.07) is 6.51. The molecule has 1 atom stereocenters. The highest BCUT2D eigenvalue weighted by molar-refractivity contribution is 7.09. The van der Waals surface area contributed by atoms with Crippen LogP contribution in [0.2, 0.25) is 0 Å². The molecule has 3 rings (SSSR count). The van der Waals surface area contributed by atoms with Gasteiger partial charge in [-0.3, -0.25) is 4.79 Å². The number of esters is 1. The Morgan fingerprint density at radius 2 is 1.88 bits per heavy atom. The first-order chi connectivity index (χ1) is 15.3. The van der Waals surface area contributed by atoms with E-state index in [1.54, 1.807) is 0 Å². The third-order valence-corrected chi connectivity index (χ3v) is 6.15. The predicted octanol–water partition coefficient (Wildman–Crippen LogP) is 6.33. The van der Waals surface area contributed by atoms with Gasteiger partial charge in [0.2, 0.25) is 5.13 Å². The summed E-state index contributed by atoms with van der Waals surface area (Å²) in [5, 5.41) is 4.39. The molecule has 1 unspecified atom stereocenters. The normalized spacial score (nSPS) is 14.6. The summed E-state index contributed by atoms with van der Waals surface area (Å²) in [6.07, 6.45) is 2.76. The van der Waals surface area contributed by atoms with Gasteiger partial charge < -0.3 is 15.0 Å². The summed E-state index contributed by atoms with van der Waals surface area (Å²) in [4.78, 5) is 19.2. The number of ether oxygens (including phenoxy) is 1. The summed E-state index contributed by atoms with van der Waals surface area (Å²) in [7, 11) is 0. The monoisotopic (exact) mass is 458 g/mol. The molecule has 7 heteroatoms. The molecule has 0 spiro atoms. The van der Waals surface area contributed by atoms with Crippen LogP contribution in [0.25, 0.3) is 0 Å². The molecule has 6 nitrogen and oxygen atoms in total. The van der Waals surface area contributed by atoms with E-state index in [9.17, 15) is 4.79 Å². The largest absolute Gasteiger partial charge is 0.466 e. The minimum Gasteiger partial charge on any atom is -0.466 e. The van der Waals surface area contributed by atoms with Gasteiger partial charge in [0.1, 0.15) is 5.82 Å². The Morgan fingerprint density at radius 3 is 2.47 bits per heavy atom. The molecule has 1 fully saturated rings. The second kappa shape index (κ2) is 11.1. The van der Waals surface area contributed by atoms with Crippen molar-refractivity contribution >= 4 is 34.0 Å². The average molecular weight is 459 g/mol. The molecule has 0 amide bonds. The van der Waals surface area contributed by atoms with Crippen LogP contribution in [-0.4, -0.2) is 35.0 Å². The molecule has 0 saturated heterocycles. The molecular weight excluding hydrogens is 420 g/mol. The van der Waals surface area contributed by atoms with Gasteiger partial charge in [-0.25, -0.2) is 4.98 Å². The molecule has 1 aromatic carbocycles. The molecule has 0 aliphatic heterocycles. The van der Waals surface area contributed by atoms with Crippen molar-refractivity contribution in [3.05, 3.63) is 29.6 Å². The highest BCUT2D eigenvalue weighted by atomic mass is 32.1. The molecule has 1 heterocycles. The van der Waals surface area contributed by atoms with Crippen LogP contribution in [0.15, 0.2) is 18.2 Å². The quantitative estimate of drug-likeness (QED) is 0.375. The van der Waals surface area contributed by atoms with Crippen molar-refractivity contribution in [1.82, 2.24) is 9.36 Å². The topological polar surface area (TPSA) is 67.3 Å². The SMILES string of the molecule is CCOC(=O)CC(C)c1ccc(N(CC(C)C)CC(C)C)c(Nc2nc(C3CC3)ns2)c1. The molecule has 32 heavy (non-hydrogen) atoms.